The maximum atomic E-state index is 11.6. The number of benzene rings is 1. The summed E-state index contributed by atoms with van der Waals surface area (Å²) in [6.45, 7) is 0.617. The fourth-order valence-corrected chi connectivity index (χ4v) is 1.73. The summed E-state index contributed by atoms with van der Waals surface area (Å²) in [7, 11) is 0. The van der Waals surface area contributed by atoms with Crippen LogP contribution >= 0.6 is 0 Å². The first-order chi connectivity index (χ1) is 7.33. The number of fused-ring (bicyclic) bond motifs is 1. The third-order valence-corrected chi connectivity index (χ3v) is 2.40. The van der Waals surface area contributed by atoms with E-state index >= 15 is 0 Å². The van der Waals surface area contributed by atoms with Crippen LogP contribution in [0.1, 0.15) is 22.3 Å². The monoisotopic (exact) mass is 207 g/mol. The molecule has 0 atom stereocenters. The largest absolute Gasteiger partial charge is 0.493 e. The maximum absolute atomic E-state index is 11.6. The third-order valence-electron chi connectivity index (χ3n) is 2.40. The van der Waals surface area contributed by atoms with Gasteiger partial charge in [0.2, 0.25) is 0 Å². The van der Waals surface area contributed by atoms with Crippen molar-refractivity contribution in [1.82, 2.24) is 0 Å². The molecule has 0 aliphatic carbocycles. The maximum Gasteiger partial charge on any atom is 0.339 e. The molecule has 15 heavy (non-hydrogen) atoms. The molecule has 1 aromatic carbocycles. The standard InChI is InChI=1S/C11H13NO3/c12-7-15-11(13)9-3-1-5-10-8(9)4-2-6-14-10/h1,3,5H,2,4,6-7,12H2. The van der Waals surface area contributed by atoms with E-state index in [1.807, 2.05) is 6.07 Å². The molecule has 0 fully saturated rings. The lowest BCUT2D eigenvalue weighted by atomic mass is 10.00. The van der Waals surface area contributed by atoms with Gasteiger partial charge >= 0.3 is 5.97 Å². The van der Waals surface area contributed by atoms with Crippen LogP contribution in [-0.2, 0) is 11.2 Å². The highest BCUT2D eigenvalue weighted by molar-refractivity contribution is 5.92. The van der Waals surface area contributed by atoms with Crippen LogP contribution in [0.2, 0.25) is 0 Å². The van der Waals surface area contributed by atoms with E-state index in [-0.39, 0.29) is 12.7 Å². The van der Waals surface area contributed by atoms with Crippen molar-refractivity contribution in [2.75, 3.05) is 13.3 Å². The number of ether oxygens (including phenoxy) is 2. The van der Waals surface area contributed by atoms with Crippen LogP contribution in [0.4, 0.5) is 0 Å². The van der Waals surface area contributed by atoms with Gasteiger partial charge in [-0.3, -0.25) is 5.73 Å². The zero-order valence-electron chi connectivity index (χ0n) is 8.36. The minimum absolute atomic E-state index is 0.0939. The van der Waals surface area contributed by atoms with Gasteiger partial charge in [0.25, 0.3) is 0 Å². The molecule has 2 N–H and O–H groups in total. The minimum Gasteiger partial charge on any atom is -0.493 e. The van der Waals surface area contributed by atoms with Gasteiger partial charge in [-0.05, 0) is 25.0 Å². The number of nitrogens with two attached hydrogens (primary N) is 1. The second-order valence-corrected chi connectivity index (χ2v) is 3.33. The Labute approximate surface area is 88.0 Å². The second kappa shape index (κ2) is 4.31. The van der Waals surface area contributed by atoms with Crippen molar-refractivity contribution in [2.45, 2.75) is 12.8 Å². The Kier molecular flexibility index (Phi) is 2.87. The van der Waals surface area contributed by atoms with E-state index in [1.54, 1.807) is 12.1 Å². The molecule has 0 spiro atoms. The molecule has 2 rings (SSSR count). The molecule has 0 amide bonds. The summed E-state index contributed by atoms with van der Waals surface area (Å²) in [6.07, 6.45) is 1.78. The second-order valence-electron chi connectivity index (χ2n) is 3.33. The van der Waals surface area contributed by atoms with Crippen LogP contribution in [0, 0.1) is 0 Å². The number of esters is 1. The predicted octanol–water partition coefficient (Wildman–Crippen LogP) is 1.08. The Bertz CT molecular complexity index is 376. The first-order valence-electron chi connectivity index (χ1n) is 4.95. The molecule has 1 aliphatic rings. The van der Waals surface area contributed by atoms with Crippen LogP contribution in [0.15, 0.2) is 18.2 Å². The van der Waals surface area contributed by atoms with Crippen LogP contribution in [0.3, 0.4) is 0 Å². The third kappa shape index (κ3) is 1.94. The summed E-state index contributed by atoms with van der Waals surface area (Å²) in [5, 5.41) is 0. The zero-order valence-corrected chi connectivity index (χ0v) is 8.36. The van der Waals surface area contributed by atoms with E-state index in [4.69, 9.17) is 15.2 Å². The quantitative estimate of drug-likeness (QED) is 0.582. The molecule has 1 aromatic rings. The highest BCUT2D eigenvalue weighted by Crippen LogP contribution is 2.27. The van der Waals surface area contributed by atoms with Gasteiger partial charge in [0.1, 0.15) is 12.5 Å². The average Bonchev–Trinajstić information content (AvgIpc) is 2.28. The topological polar surface area (TPSA) is 61.5 Å². The predicted molar refractivity (Wildman–Crippen MR) is 54.7 cm³/mol. The summed E-state index contributed by atoms with van der Waals surface area (Å²) in [5.41, 5.74) is 6.67. The smallest absolute Gasteiger partial charge is 0.339 e. The van der Waals surface area contributed by atoms with Gasteiger partial charge in [0.15, 0.2) is 0 Å². The molecule has 1 heterocycles. The summed E-state index contributed by atoms with van der Waals surface area (Å²) in [6, 6.07) is 5.40. The fourth-order valence-electron chi connectivity index (χ4n) is 1.73. The Balaban J connectivity index is 2.34. The van der Waals surface area contributed by atoms with E-state index in [2.05, 4.69) is 0 Å². The van der Waals surface area contributed by atoms with E-state index < -0.39 is 0 Å². The van der Waals surface area contributed by atoms with Crippen LogP contribution in [0.25, 0.3) is 0 Å². The molecule has 0 aromatic heterocycles. The zero-order chi connectivity index (χ0) is 10.7. The van der Waals surface area contributed by atoms with Crippen LogP contribution in [-0.4, -0.2) is 19.3 Å². The fraction of sp³-hybridized carbons (Fsp3) is 0.364. The summed E-state index contributed by atoms with van der Waals surface area (Å²) < 4.78 is 10.2. The minimum atomic E-state index is -0.375. The Hall–Kier alpha value is -1.55. The number of carbonyl (C=O) groups excluding carboxylic acids is 1. The van der Waals surface area contributed by atoms with E-state index in [9.17, 15) is 4.79 Å². The number of rotatable bonds is 2. The van der Waals surface area contributed by atoms with Crippen molar-refractivity contribution >= 4 is 5.97 Å². The van der Waals surface area contributed by atoms with Crippen LogP contribution < -0.4 is 10.5 Å². The van der Waals surface area contributed by atoms with Gasteiger partial charge in [-0.15, -0.1) is 0 Å². The molecule has 0 saturated heterocycles. The number of hydrogen-bond acceptors (Lipinski definition) is 4. The number of hydrogen-bond donors (Lipinski definition) is 1. The molecule has 80 valence electrons. The molecule has 1 aliphatic heterocycles. The van der Waals surface area contributed by atoms with Crippen molar-refractivity contribution in [3.63, 3.8) is 0 Å². The molecule has 4 heteroatoms. The molecule has 0 unspecified atom stereocenters. The van der Waals surface area contributed by atoms with Crippen molar-refractivity contribution in [1.29, 1.82) is 0 Å². The number of carbonyl (C=O) groups is 1. The summed E-state index contributed by atoms with van der Waals surface area (Å²) in [4.78, 5) is 11.6. The first kappa shape index (κ1) is 9.98. The van der Waals surface area contributed by atoms with Gasteiger partial charge < -0.3 is 9.47 Å². The van der Waals surface area contributed by atoms with Gasteiger partial charge in [-0.2, -0.15) is 0 Å². The molecule has 0 bridgehead atoms. The normalized spacial score (nSPS) is 13.9. The SMILES string of the molecule is NCOC(=O)c1cccc2c1CCCO2. The van der Waals surface area contributed by atoms with E-state index in [0.717, 1.165) is 24.2 Å². The van der Waals surface area contributed by atoms with E-state index in [1.165, 1.54) is 0 Å². The summed E-state index contributed by atoms with van der Waals surface area (Å²) >= 11 is 0. The molecular weight excluding hydrogens is 194 g/mol. The molecule has 0 saturated carbocycles. The molecular formula is C11H13NO3. The van der Waals surface area contributed by atoms with Gasteiger partial charge in [0.05, 0.1) is 12.2 Å². The van der Waals surface area contributed by atoms with Crippen molar-refractivity contribution in [3.05, 3.63) is 29.3 Å². The van der Waals surface area contributed by atoms with E-state index in [0.29, 0.717) is 12.2 Å². The van der Waals surface area contributed by atoms with Crippen molar-refractivity contribution in [3.8, 4) is 5.75 Å². The van der Waals surface area contributed by atoms with Gasteiger partial charge in [-0.1, -0.05) is 6.07 Å². The summed E-state index contributed by atoms with van der Waals surface area (Å²) in [5.74, 6) is 0.410. The first-order valence-corrected chi connectivity index (χ1v) is 4.95. The lowest BCUT2D eigenvalue weighted by Crippen LogP contribution is -2.17. The van der Waals surface area contributed by atoms with Crippen molar-refractivity contribution in [2.24, 2.45) is 5.73 Å². The Morgan fingerprint density at radius 1 is 1.53 bits per heavy atom. The lowest BCUT2D eigenvalue weighted by molar-refractivity contribution is 0.0512. The highest BCUT2D eigenvalue weighted by Gasteiger charge is 2.18. The Morgan fingerprint density at radius 2 is 2.40 bits per heavy atom. The Morgan fingerprint density at radius 3 is 3.20 bits per heavy atom. The highest BCUT2D eigenvalue weighted by atomic mass is 16.5. The molecule has 0 radical (unpaired) electrons. The molecule has 4 nitrogen and oxygen atoms in total. The van der Waals surface area contributed by atoms with Crippen molar-refractivity contribution < 1.29 is 14.3 Å². The average molecular weight is 207 g/mol. The lowest BCUT2D eigenvalue weighted by Gasteiger charge is -2.19. The van der Waals surface area contributed by atoms with Gasteiger partial charge in [0, 0.05) is 5.56 Å². The van der Waals surface area contributed by atoms with Crippen LogP contribution in [0.5, 0.6) is 5.75 Å². The van der Waals surface area contributed by atoms with Gasteiger partial charge in [-0.25, -0.2) is 4.79 Å².